The van der Waals surface area contributed by atoms with E-state index in [1.807, 2.05) is 0 Å². The van der Waals surface area contributed by atoms with Crippen LogP contribution >= 0.6 is 0 Å². The van der Waals surface area contributed by atoms with E-state index in [4.69, 9.17) is 4.74 Å². The number of rotatable bonds is 5. The van der Waals surface area contributed by atoms with E-state index < -0.39 is 0 Å². The molecule has 2 aliphatic rings. The van der Waals surface area contributed by atoms with Crippen molar-refractivity contribution in [1.29, 1.82) is 0 Å². The lowest BCUT2D eigenvalue weighted by atomic mass is 9.75. The van der Waals surface area contributed by atoms with Gasteiger partial charge in [-0.3, -0.25) is 0 Å². The summed E-state index contributed by atoms with van der Waals surface area (Å²) in [7, 11) is 0. The van der Waals surface area contributed by atoms with Gasteiger partial charge in [0.2, 0.25) is 0 Å². The number of unbranched alkanes of at least 4 members (excludes halogenated alkanes) is 3. The van der Waals surface area contributed by atoms with Crippen molar-refractivity contribution in [3.8, 4) is 0 Å². The van der Waals surface area contributed by atoms with Crippen molar-refractivity contribution >= 4 is 0 Å². The zero-order valence-electron chi connectivity index (χ0n) is 8.14. The molecule has 1 aliphatic carbocycles. The average molecular weight is 169 g/mol. The number of epoxide rings is 1. The molecule has 0 bridgehead atoms. The first kappa shape index (κ1) is 8.55. The van der Waals surface area contributed by atoms with Crippen LogP contribution in [0.15, 0.2) is 0 Å². The van der Waals surface area contributed by atoms with Crippen molar-refractivity contribution in [2.45, 2.75) is 57.5 Å². The molecule has 0 aromatic rings. The van der Waals surface area contributed by atoms with E-state index in [9.17, 15) is 0 Å². The maximum atomic E-state index is 5.39. The van der Waals surface area contributed by atoms with E-state index in [0.717, 1.165) is 12.5 Å². The fourth-order valence-electron chi connectivity index (χ4n) is 2.39. The van der Waals surface area contributed by atoms with E-state index in [-0.39, 0.29) is 0 Å². The second-order valence-electron chi connectivity index (χ2n) is 4.60. The van der Waals surface area contributed by atoms with E-state index in [2.05, 4.69) is 6.92 Å². The van der Waals surface area contributed by atoms with Crippen LogP contribution in [0.2, 0.25) is 0 Å². The van der Waals surface area contributed by atoms with Gasteiger partial charge in [0.25, 0.3) is 0 Å². The van der Waals surface area contributed by atoms with Crippen molar-refractivity contribution in [3.63, 3.8) is 0 Å². The highest BCUT2D eigenvalue weighted by Crippen LogP contribution is 2.51. The Labute approximate surface area is 75.5 Å². The molecule has 1 heteroatoms. The van der Waals surface area contributed by atoms with Crippen molar-refractivity contribution in [1.82, 2.24) is 0 Å². The third-order valence-corrected chi connectivity index (χ3v) is 3.34. The van der Waals surface area contributed by atoms with Gasteiger partial charge in [-0.2, -0.15) is 0 Å². The Balaban J connectivity index is 1.47. The van der Waals surface area contributed by atoms with Crippen molar-refractivity contribution in [2.75, 3.05) is 6.61 Å². The second kappa shape index (κ2) is 3.37. The molecule has 12 heavy (non-hydrogen) atoms. The quantitative estimate of drug-likeness (QED) is 0.350. The fraction of sp³-hybridized carbons (Fsp3) is 1.00. The maximum Gasteiger partial charge on any atom is 0.0921 e. The Bertz CT molecular complexity index is 141. The molecule has 1 spiro atoms. The van der Waals surface area contributed by atoms with Gasteiger partial charge in [-0.1, -0.05) is 39.0 Å². The molecule has 1 saturated carbocycles. The van der Waals surface area contributed by atoms with Gasteiger partial charge >= 0.3 is 0 Å². The van der Waals surface area contributed by atoms with Crippen molar-refractivity contribution in [3.05, 3.63) is 0 Å². The maximum absolute atomic E-state index is 5.39. The van der Waals surface area contributed by atoms with Crippen LogP contribution in [-0.2, 0) is 4.74 Å². The van der Waals surface area contributed by atoms with Gasteiger partial charge in [-0.05, 0) is 18.8 Å². The van der Waals surface area contributed by atoms with Crippen LogP contribution in [0, 0.1) is 5.92 Å². The smallest absolute Gasteiger partial charge is 0.0921 e. The highest BCUT2D eigenvalue weighted by molar-refractivity contribution is 5.03. The zero-order valence-corrected chi connectivity index (χ0v) is 8.14. The molecule has 0 aromatic carbocycles. The molecule has 0 amide bonds. The summed E-state index contributed by atoms with van der Waals surface area (Å²) in [4.78, 5) is 0. The summed E-state index contributed by atoms with van der Waals surface area (Å²) >= 11 is 0. The lowest BCUT2D eigenvalue weighted by Gasteiger charge is -2.32. The lowest BCUT2D eigenvalue weighted by molar-refractivity contribution is 0.116. The molecule has 0 N–H and O–H groups in total. The van der Waals surface area contributed by atoms with Crippen LogP contribution in [0.1, 0.15) is 51.9 Å². The summed E-state index contributed by atoms with van der Waals surface area (Å²) in [6, 6.07) is 0. The first-order valence-electron chi connectivity index (χ1n) is 5.49. The monoisotopic (exact) mass is 169 g/mol. The lowest BCUT2D eigenvalue weighted by Crippen LogP contribution is -2.31. The Morgan fingerprint density at radius 2 is 2.00 bits per heavy atom. The molecule has 1 heterocycles. The second-order valence-corrected chi connectivity index (χ2v) is 4.60. The summed E-state index contributed by atoms with van der Waals surface area (Å²) in [6.07, 6.45) is 9.89. The topological polar surface area (TPSA) is 12.5 Å². The molecule has 0 aromatic heterocycles. The molecule has 1 saturated heterocycles. The van der Waals surface area contributed by atoms with Gasteiger partial charge < -0.3 is 4.74 Å². The van der Waals surface area contributed by atoms with Crippen LogP contribution in [0.25, 0.3) is 0 Å². The number of hydrogen-bond donors (Lipinski definition) is 0. The summed E-state index contributed by atoms with van der Waals surface area (Å²) in [5, 5.41) is 0. The van der Waals surface area contributed by atoms with Gasteiger partial charge in [0.1, 0.15) is 0 Å². The van der Waals surface area contributed by atoms with E-state index in [0.29, 0.717) is 5.60 Å². The summed E-state index contributed by atoms with van der Waals surface area (Å²) in [5.41, 5.74) is 0.440. The molecule has 0 atom stereocenters. The average Bonchev–Trinajstić information content (AvgIpc) is 2.76. The summed E-state index contributed by atoms with van der Waals surface area (Å²) in [5.74, 6) is 1.02. The van der Waals surface area contributed by atoms with Crippen molar-refractivity contribution < 1.29 is 4.74 Å². The Kier molecular flexibility index (Phi) is 2.40. The Morgan fingerprint density at radius 3 is 2.58 bits per heavy atom. The van der Waals surface area contributed by atoms with E-state index in [1.165, 1.54) is 44.9 Å². The SMILES string of the molecule is CCCCCCC1CC2(C1)[13CH2]O2. The molecule has 1 nitrogen and oxygen atoms in total. The molecule has 0 unspecified atom stereocenters. The Hall–Kier alpha value is -0.0400. The normalized spacial score (nSPS) is 38.2. The molecule has 2 rings (SSSR count). The van der Waals surface area contributed by atoms with Crippen LogP contribution in [0.3, 0.4) is 0 Å². The fourth-order valence-corrected chi connectivity index (χ4v) is 2.39. The summed E-state index contributed by atoms with van der Waals surface area (Å²) < 4.78 is 5.39. The minimum absolute atomic E-state index is 0.440. The predicted octanol–water partition coefficient (Wildman–Crippen LogP) is 3.14. The highest BCUT2D eigenvalue weighted by Gasteiger charge is 2.54. The molecule has 0 radical (unpaired) electrons. The Morgan fingerprint density at radius 1 is 1.25 bits per heavy atom. The van der Waals surface area contributed by atoms with Gasteiger partial charge in [0.15, 0.2) is 0 Å². The molecular weight excluding hydrogens is 149 g/mol. The predicted molar refractivity (Wildman–Crippen MR) is 50.2 cm³/mol. The van der Waals surface area contributed by atoms with E-state index >= 15 is 0 Å². The van der Waals surface area contributed by atoms with Gasteiger partial charge in [-0.25, -0.2) is 0 Å². The minimum atomic E-state index is 0.440. The summed E-state index contributed by atoms with van der Waals surface area (Å²) in [6.45, 7) is 3.34. The van der Waals surface area contributed by atoms with E-state index in [1.54, 1.807) is 0 Å². The number of hydrogen-bond acceptors (Lipinski definition) is 1. The molecule has 1 aliphatic heterocycles. The molecule has 70 valence electrons. The van der Waals surface area contributed by atoms with Crippen LogP contribution < -0.4 is 0 Å². The first-order valence-corrected chi connectivity index (χ1v) is 5.49. The standard InChI is InChI=1S/C11H20O/c1-2-3-4-5-6-10-7-11(8-10)9-12-11/h10H,2-9H2,1H3/i9+1. The highest BCUT2D eigenvalue weighted by atomic mass is 16.7. The van der Waals surface area contributed by atoms with Gasteiger partial charge in [0.05, 0.1) is 12.2 Å². The third kappa shape index (κ3) is 1.82. The largest absolute Gasteiger partial charge is 0.370 e. The zero-order chi connectivity index (χ0) is 8.44. The van der Waals surface area contributed by atoms with Crippen LogP contribution in [-0.4, -0.2) is 12.2 Å². The van der Waals surface area contributed by atoms with Crippen LogP contribution in [0.4, 0.5) is 0 Å². The van der Waals surface area contributed by atoms with Crippen LogP contribution in [0.5, 0.6) is 0 Å². The molecular formula is C11H20O. The van der Waals surface area contributed by atoms with Gasteiger partial charge in [0, 0.05) is 0 Å². The third-order valence-electron chi connectivity index (χ3n) is 3.34. The molecule has 2 fully saturated rings. The number of ether oxygens (including phenoxy) is 1. The van der Waals surface area contributed by atoms with Gasteiger partial charge in [-0.15, -0.1) is 0 Å². The van der Waals surface area contributed by atoms with Crippen molar-refractivity contribution in [2.24, 2.45) is 5.92 Å². The first-order chi connectivity index (χ1) is 5.85. The minimum Gasteiger partial charge on any atom is -0.370 e.